The number of halogens is 8. The molecule has 17 heteroatoms. The summed E-state index contributed by atoms with van der Waals surface area (Å²) >= 11 is 20.6. The lowest BCUT2D eigenvalue weighted by Gasteiger charge is -2.50. The zero-order chi connectivity index (χ0) is 37.9. The minimum atomic E-state index is -2.77. The van der Waals surface area contributed by atoms with Crippen molar-refractivity contribution in [1.29, 1.82) is 0 Å². The highest BCUT2D eigenvalue weighted by atomic mass is 35.5. The number of aryl methyl sites for hydroxylation is 1. The number of fused-ring (bicyclic) bond motifs is 4. The quantitative estimate of drug-likeness (QED) is 0.0754. The number of carbonyl (C=O) groups excluding carboxylic acids is 4. The van der Waals surface area contributed by atoms with Gasteiger partial charge in [-0.3, -0.25) is 19.2 Å². The summed E-state index contributed by atoms with van der Waals surface area (Å²) in [7, 11) is 2.39. The summed E-state index contributed by atoms with van der Waals surface area (Å²) in [5.74, 6) is -22.9. The van der Waals surface area contributed by atoms with E-state index in [-0.39, 0.29) is 44.7 Å². The molecule has 3 aromatic carbocycles. The first-order valence-corrected chi connectivity index (χ1v) is 16.7. The summed E-state index contributed by atoms with van der Waals surface area (Å²) in [4.78, 5) is 52.2. The van der Waals surface area contributed by atoms with E-state index in [1.165, 1.54) is 38.5 Å². The van der Waals surface area contributed by atoms with Crippen LogP contribution >= 0.6 is 34.8 Å². The van der Waals surface area contributed by atoms with E-state index in [1.54, 1.807) is 19.1 Å². The fraction of sp³-hybridized carbons (Fsp3) is 0.314. The van der Waals surface area contributed by atoms with E-state index in [0.29, 0.717) is 5.56 Å². The van der Waals surface area contributed by atoms with Gasteiger partial charge >= 0.3 is 0 Å². The van der Waals surface area contributed by atoms with Crippen molar-refractivity contribution in [2.75, 3.05) is 24.0 Å². The van der Waals surface area contributed by atoms with Crippen molar-refractivity contribution < 1.29 is 55.7 Å². The largest absolute Gasteiger partial charge is 0.502 e. The molecule has 0 bridgehead atoms. The zero-order valence-corrected chi connectivity index (χ0v) is 29.3. The van der Waals surface area contributed by atoms with Crippen molar-refractivity contribution in [2.24, 2.45) is 17.8 Å². The third-order valence-electron chi connectivity index (χ3n) is 10.5. The van der Waals surface area contributed by atoms with Crippen molar-refractivity contribution in [3.05, 3.63) is 87.2 Å². The summed E-state index contributed by atoms with van der Waals surface area (Å²) in [6, 6.07) is 7.01. The number of allylic oxidation sites excluding steroid dienone is 2. The van der Waals surface area contributed by atoms with Crippen molar-refractivity contribution in [2.45, 2.75) is 35.4 Å². The van der Waals surface area contributed by atoms with Crippen molar-refractivity contribution >= 4 is 69.8 Å². The van der Waals surface area contributed by atoms with Gasteiger partial charge in [0.15, 0.2) is 44.5 Å². The number of aromatic hydroxyl groups is 1. The summed E-state index contributed by atoms with van der Waals surface area (Å²) in [5, 5.41) is 11.0. The number of benzene rings is 3. The normalized spacial score (nSPS) is 28.2. The molecule has 0 unspecified atom stereocenters. The molecule has 3 aromatic rings. The Morgan fingerprint density at radius 2 is 1.38 bits per heavy atom. The zero-order valence-electron chi connectivity index (χ0n) is 27.0. The number of hydrogen-bond donors (Lipinski definition) is 1. The van der Waals surface area contributed by atoms with Gasteiger partial charge in [0.05, 0.1) is 31.7 Å². The maximum Gasteiger partial charge on any atom is 0.258 e. The van der Waals surface area contributed by atoms with Gasteiger partial charge < -0.3 is 14.6 Å². The molecule has 52 heavy (non-hydrogen) atoms. The van der Waals surface area contributed by atoms with E-state index >= 15 is 8.78 Å². The van der Waals surface area contributed by atoms with E-state index in [0.717, 1.165) is 4.90 Å². The average Bonchev–Trinajstić information content (AvgIpc) is 3.46. The van der Waals surface area contributed by atoms with Gasteiger partial charge in [0, 0.05) is 10.9 Å². The molecular formula is C35H24Cl3F5N2O7. The minimum Gasteiger partial charge on any atom is -0.502 e. The molecule has 4 amide bonds. The molecule has 1 saturated carbocycles. The maximum atomic E-state index is 15.3. The van der Waals surface area contributed by atoms with Crippen LogP contribution < -0.4 is 19.3 Å². The smallest absolute Gasteiger partial charge is 0.258 e. The number of phenolic OH excluding ortho intramolecular Hbond substituents is 1. The number of rotatable bonds is 5. The Bertz CT molecular complexity index is 2150. The summed E-state index contributed by atoms with van der Waals surface area (Å²) in [6.45, 7) is 1.72. The Morgan fingerprint density at radius 1 is 0.808 bits per heavy atom. The fourth-order valence-electron chi connectivity index (χ4n) is 8.00. The Hall–Kier alpha value is -4.40. The first-order valence-electron chi connectivity index (χ1n) is 15.5. The molecule has 9 nitrogen and oxygen atoms in total. The first kappa shape index (κ1) is 36.0. The lowest BCUT2D eigenvalue weighted by molar-refractivity contribution is -0.125. The highest BCUT2D eigenvalue weighted by molar-refractivity contribution is 6.58. The van der Waals surface area contributed by atoms with E-state index in [2.05, 4.69) is 0 Å². The molecule has 2 saturated heterocycles. The molecule has 4 aliphatic rings. The number of hydrogen-bond acceptors (Lipinski definition) is 7. The Balaban J connectivity index is 1.46. The van der Waals surface area contributed by atoms with Crippen LogP contribution in [-0.2, 0) is 19.2 Å². The van der Waals surface area contributed by atoms with Gasteiger partial charge in [-0.15, -0.1) is 23.2 Å². The number of phenols is 1. The van der Waals surface area contributed by atoms with Crippen molar-refractivity contribution in [3.8, 4) is 17.2 Å². The predicted octanol–water partition coefficient (Wildman–Crippen LogP) is 6.83. The van der Waals surface area contributed by atoms with Crippen LogP contribution in [-0.4, -0.2) is 52.7 Å². The van der Waals surface area contributed by atoms with Crippen LogP contribution in [0.2, 0.25) is 5.02 Å². The molecule has 1 N–H and O–H groups in total. The molecule has 2 aliphatic carbocycles. The number of nitrogens with zero attached hydrogens (tertiary/aromatic N) is 2. The fourth-order valence-corrected chi connectivity index (χ4v) is 9.11. The van der Waals surface area contributed by atoms with Crippen LogP contribution in [0.4, 0.5) is 33.3 Å². The monoisotopic (exact) mass is 784 g/mol. The van der Waals surface area contributed by atoms with Crippen LogP contribution in [0, 0.1) is 53.8 Å². The van der Waals surface area contributed by atoms with Crippen LogP contribution in [0.1, 0.15) is 29.9 Å². The van der Waals surface area contributed by atoms with E-state index in [4.69, 9.17) is 44.3 Å². The SMILES string of the molecule is COc1cc([C@H]2C3=CC[C@@H]4C(=O)N(c5ccc(C)c(Cl)c5)C(=O)[C@@H]4[C@@H]3C[C@@]3(Cl)C(=O)N(c4c(F)c(F)c(F)c(F)c4F)C(=O)[C@@]23Cl)cc(OC)c1O. The summed E-state index contributed by atoms with van der Waals surface area (Å²) < 4.78 is 84.2. The van der Waals surface area contributed by atoms with E-state index < -0.39 is 104 Å². The number of methoxy groups -OCH3 is 2. The first-order chi connectivity index (χ1) is 24.5. The summed E-state index contributed by atoms with van der Waals surface area (Å²) in [6.07, 6.45) is 0.774. The molecule has 0 aromatic heterocycles. The molecule has 0 radical (unpaired) electrons. The predicted molar refractivity (Wildman–Crippen MR) is 176 cm³/mol. The number of anilines is 2. The van der Waals surface area contributed by atoms with Crippen LogP contribution in [0.25, 0.3) is 0 Å². The lowest BCUT2D eigenvalue weighted by atomic mass is 9.56. The van der Waals surface area contributed by atoms with Crippen molar-refractivity contribution in [3.63, 3.8) is 0 Å². The Labute approximate surface area is 306 Å². The molecule has 7 rings (SSSR count). The summed E-state index contributed by atoms with van der Waals surface area (Å²) in [5.41, 5.74) is -0.873. The Morgan fingerprint density at radius 3 is 1.94 bits per heavy atom. The van der Waals surface area contributed by atoms with Crippen LogP contribution in [0.5, 0.6) is 17.2 Å². The molecule has 2 heterocycles. The second-order valence-electron chi connectivity index (χ2n) is 12.9. The molecule has 0 spiro atoms. The second kappa shape index (κ2) is 12.1. The number of ether oxygens (including phenoxy) is 2. The number of imide groups is 2. The van der Waals surface area contributed by atoms with Crippen LogP contribution in [0.3, 0.4) is 0 Å². The lowest BCUT2D eigenvalue weighted by Crippen LogP contribution is -2.60. The van der Waals surface area contributed by atoms with Gasteiger partial charge in [-0.2, -0.15) is 0 Å². The van der Waals surface area contributed by atoms with Crippen molar-refractivity contribution in [1.82, 2.24) is 0 Å². The molecule has 2 aliphatic heterocycles. The van der Waals surface area contributed by atoms with Gasteiger partial charge in [-0.1, -0.05) is 29.3 Å². The number of carbonyl (C=O) groups is 4. The maximum absolute atomic E-state index is 15.3. The third-order valence-corrected chi connectivity index (χ3v) is 12.3. The van der Waals surface area contributed by atoms with Gasteiger partial charge in [0.25, 0.3) is 11.8 Å². The Kier molecular flexibility index (Phi) is 8.35. The highest BCUT2D eigenvalue weighted by Gasteiger charge is 2.77. The minimum absolute atomic E-state index is 0.0136. The molecule has 272 valence electrons. The topological polar surface area (TPSA) is 113 Å². The third kappa shape index (κ3) is 4.52. The van der Waals surface area contributed by atoms with Crippen LogP contribution in [0.15, 0.2) is 42.0 Å². The van der Waals surface area contributed by atoms with Gasteiger partial charge in [-0.05, 0) is 61.1 Å². The van der Waals surface area contributed by atoms with E-state index in [1.807, 2.05) is 0 Å². The molecule has 6 atom stereocenters. The second-order valence-corrected chi connectivity index (χ2v) is 14.6. The average molecular weight is 786 g/mol. The number of amides is 4. The van der Waals surface area contributed by atoms with Gasteiger partial charge in [0.2, 0.25) is 23.4 Å². The highest BCUT2D eigenvalue weighted by Crippen LogP contribution is 2.66. The van der Waals surface area contributed by atoms with Gasteiger partial charge in [-0.25, -0.2) is 31.8 Å². The van der Waals surface area contributed by atoms with Gasteiger partial charge in [0.1, 0.15) is 5.69 Å². The molecule has 3 fully saturated rings. The molecular weight excluding hydrogens is 762 g/mol. The standard InChI is InChI=1S/C35H24Cl3F5N2O7/c1-12-4-5-14(10-18(12)36)44-30(47)16-7-6-15-17(21(16)31(44)48)11-34(37)32(49)45(28-26(42)24(40)23(39)25(41)27(28)43)33(50)35(34,38)22(15)13-8-19(51-2)29(46)20(9-13)52-3/h4-6,8-10,16-17,21-22,46H,7,11H2,1-3H3/t16-,17+,21-,22-,34+,35-/m0/s1. The number of alkyl halides is 2. The van der Waals surface area contributed by atoms with E-state index in [9.17, 15) is 37.5 Å².